The average molecular weight is 487 g/mol. The number of nitrogens with zero attached hydrogens (tertiary/aromatic N) is 1. The van der Waals surface area contributed by atoms with Crippen LogP contribution in [0.4, 0.5) is 10.1 Å². The molecule has 3 aromatic rings. The van der Waals surface area contributed by atoms with Crippen LogP contribution in [0.1, 0.15) is 66.7 Å². The number of nitrogens with one attached hydrogen (secondary N) is 1. The Morgan fingerprint density at radius 1 is 1.03 bits per heavy atom. The molecule has 4 atom stereocenters. The molecule has 5 rings (SSSR count). The number of carbonyl (C=O) groups excluding carboxylic acids is 1. The zero-order valence-electron chi connectivity index (χ0n) is 21.5. The maximum atomic E-state index is 14.3. The summed E-state index contributed by atoms with van der Waals surface area (Å²) in [6.07, 6.45) is 1.63. The summed E-state index contributed by atoms with van der Waals surface area (Å²) in [4.78, 5) is 15.7. The van der Waals surface area contributed by atoms with E-state index in [4.69, 9.17) is 4.74 Å². The van der Waals surface area contributed by atoms with Crippen molar-refractivity contribution in [2.24, 2.45) is 5.92 Å². The predicted molar refractivity (Wildman–Crippen MR) is 142 cm³/mol. The second-order valence-electron chi connectivity index (χ2n) is 11.1. The van der Waals surface area contributed by atoms with Gasteiger partial charge in [-0.3, -0.25) is 4.79 Å². The molecular weight excluding hydrogens is 451 g/mol. The van der Waals surface area contributed by atoms with Crippen LogP contribution >= 0.6 is 0 Å². The van der Waals surface area contributed by atoms with E-state index in [9.17, 15) is 9.18 Å². The van der Waals surface area contributed by atoms with E-state index in [2.05, 4.69) is 50.4 Å². The standard InChI is InChI=1S/C31H35FN2O2/c1-20-10-5-6-15-25(20)30(35)34-17-9-16-26(27(34)21-11-7-13-23(32)18-21)28-29(36-28)33-24-14-8-12-22(19-24)31(2,3)4/h5-8,10-15,18-19,26-29,33H,9,16-17H2,1-4H3/t26?,27-,28-,29?/m0/s1. The molecule has 2 unspecified atom stereocenters. The summed E-state index contributed by atoms with van der Waals surface area (Å²) in [7, 11) is 0. The maximum Gasteiger partial charge on any atom is 0.254 e. The minimum Gasteiger partial charge on any atom is -0.358 e. The number of piperidine rings is 1. The Morgan fingerprint density at radius 3 is 2.56 bits per heavy atom. The van der Waals surface area contributed by atoms with Crippen molar-refractivity contribution >= 4 is 11.6 Å². The third-order valence-electron chi connectivity index (χ3n) is 7.49. The number of likely N-dealkylation sites (tertiary alicyclic amines) is 1. The Labute approximate surface area is 213 Å². The first kappa shape index (κ1) is 24.5. The molecule has 36 heavy (non-hydrogen) atoms. The summed E-state index contributed by atoms with van der Waals surface area (Å²) < 4.78 is 20.5. The van der Waals surface area contributed by atoms with Gasteiger partial charge in [0.1, 0.15) is 11.9 Å². The van der Waals surface area contributed by atoms with Crippen molar-refractivity contribution < 1.29 is 13.9 Å². The van der Waals surface area contributed by atoms with Gasteiger partial charge in [-0.15, -0.1) is 0 Å². The Kier molecular flexibility index (Phi) is 6.60. The Balaban J connectivity index is 1.42. The lowest BCUT2D eigenvalue weighted by atomic mass is 9.81. The maximum absolute atomic E-state index is 14.3. The predicted octanol–water partition coefficient (Wildman–Crippen LogP) is 6.86. The monoisotopic (exact) mass is 486 g/mol. The zero-order valence-corrected chi connectivity index (χ0v) is 21.5. The minimum atomic E-state index is -0.287. The molecule has 0 aliphatic carbocycles. The van der Waals surface area contributed by atoms with Crippen LogP contribution in [0.25, 0.3) is 0 Å². The van der Waals surface area contributed by atoms with Crippen molar-refractivity contribution in [2.75, 3.05) is 11.9 Å². The van der Waals surface area contributed by atoms with E-state index >= 15 is 0 Å². The van der Waals surface area contributed by atoms with Gasteiger partial charge in [0.25, 0.3) is 5.91 Å². The van der Waals surface area contributed by atoms with E-state index in [1.807, 2.05) is 42.2 Å². The summed E-state index contributed by atoms with van der Waals surface area (Å²) in [5.41, 5.74) is 4.82. The summed E-state index contributed by atoms with van der Waals surface area (Å²) in [6.45, 7) is 9.21. The van der Waals surface area contributed by atoms with Crippen LogP contribution < -0.4 is 5.32 Å². The second kappa shape index (κ2) is 9.70. The SMILES string of the molecule is Cc1ccccc1C(=O)N1CCCC([C@@H]2OC2Nc2cccc(C(C)(C)C)c2)[C@@H]1c1cccc(F)c1. The van der Waals surface area contributed by atoms with E-state index < -0.39 is 0 Å². The number of aryl methyl sites for hydroxylation is 1. The third kappa shape index (κ3) is 5.03. The van der Waals surface area contributed by atoms with Gasteiger partial charge >= 0.3 is 0 Å². The summed E-state index contributed by atoms with van der Waals surface area (Å²) in [5, 5.41) is 3.54. The van der Waals surface area contributed by atoms with Crippen molar-refractivity contribution in [3.8, 4) is 0 Å². The van der Waals surface area contributed by atoms with Crippen LogP contribution in [-0.4, -0.2) is 29.7 Å². The topological polar surface area (TPSA) is 44.9 Å². The fraction of sp³-hybridized carbons (Fsp3) is 0.387. The Bertz CT molecular complexity index is 1250. The Morgan fingerprint density at radius 2 is 1.81 bits per heavy atom. The van der Waals surface area contributed by atoms with E-state index in [1.54, 1.807) is 12.1 Å². The highest BCUT2D eigenvalue weighted by Gasteiger charge is 2.51. The highest BCUT2D eigenvalue weighted by Crippen LogP contribution is 2.46. The van der Waals surface area contributed by atoms with Crippen LogP contribution in [0.2, 0.25) is 0 Å². The van der Waals surface area contributed by atoms with Gasteiger partial charge < -0.3 is 15.0 Å². The molecule has 2 fully saturated rings. The fourth-order valence-corrected chi connectivity index (χ4v) is 5.49. The molecule has 0 bridgehead atoms. The lowest BCUT2D eigenvalue weighted by Crippen LogP contribution is -2.45. The first-order valence-electron chi connectivity index (χ1n) is 12.9. The lowest BCUT2D eigenvalue weighted by molar-refractivity contribution is 0.0442. The number of anilines is 1. The number of benzene rings is 3. The molecule has 2 aliphatic heterocycles. The van der Waals surface area contributed by atoms with Crippen molar-refractivity contribution in [2.45, 2.75) is 64.3 Å². The minimum absolute atomic E-state index is 0.00454. The molecule has 188 valence electrons. The number of ether oxygens (including phenoxy) is 1. The van der Waals surface area contributed by atoms with Crippen molar-refractivity contribution in [1.29, 1.82) is 0 Å². The quantitative estimate of drug-likeness (QED) is 0.401. The molecule has 0 aromatic heterocycles. The highest BCUT2D eigenvalue weighted by atomic mass is 19.1. The van der Waals surface area contributed by atoms with Crippen LogP contribution in [0.15, 0.2) is 72.8 Å². The summed E-state index contributed by atoms with van der Waals surface area (Å²) in [5.74, 6) is -0.225. The van der Waals surface area contributed by atoms with Crippen LogP contribution in [0.3, 0.4) is 0 Å². The molecule has 0 spiro atoms. The van der Waals surface area contributed by atoms with Gasteiger partial charge in [-0.1, -0.05) is 63.2 Å². The molecule has 3 aromatic carbocycles. The number of epoxide rings is 1. The molecule has 2 saturated heterocycles. The van der Waals surface area contributed by atoms with Crippen molar-refractivity contribution in [1.82, 2.24) is 4.90 Å². The number of hydrogen-bond donors (Lipinski definition) is 1. The van der Waals surface area contributed by atoms with Crippen LogP contribution in [-0.2, 0) is 10.2 Å². The molecule has 0 radical (unpaired) electrons. The van der Waals surface area contributed by atoms with Gasteiger partial charge in [-0.2, -0.15) is 0 Å². The second-order valence-corrected chi connectivity index (χ2v) is 11.1. The first-order valence-corrected chi connectivity index (χ1v) is 12.9. The molecule has 2 aliphatic rings. The van der Waals surface area contributed by atoms with Gasteiger partial charge in [-0.05, 0) is 72.2 Å². The molecule has 4 nitrogen and oxygen atoms in total. The largest absolute Gasteiger partial charge is 0.358 e. The molecular formula is C31H35FN2O2. The van der Waals surface area contributed by atoms with Gasteiger partial charge in [0.05, 0.1) is 6.04 Å². The molecule has 0 saturated carbocycles. The smallest absolute Gasteiger partial charge is 0.254 e. The van der Waals surface area contributed by atoms with Gasteiger partial charge in [-0.25, -0.2) is 4.39 Å². The number of halogens is 1. The van der Waals surface area contributed by atoms with Gasteiger partial charge in [0, 0.05) is 23.7 Å². The molecule has 1 N–H and O–H groups in total. The van der Waals surface area contributed by atoms with Crippen LogP contribution in [0.5, 0.6) is 0 Å². The van der Waals surface area contributed by atoms with Crippen molar-refractivity contribution in [3.05, 3.63) is 101 Å². The fourth-order valence-electron chi connectivity index (χ4n) is 5.49. The van der Waals surface area contributed by atoms with Gasteiger partial charge in [0.2, 0.25) is 0 Å². The summed E-state index contributed by atoms with van der Waals surface area (Å²) >= 11 is 0. The van der Waals surface area contributed by atoms with Crippen molar-refractivity contribution in [3.63, 3.8) is 0 Å². The number of carbonyl (C=O) groups is 1. The summed E-state index contributed by atoms with van der Waals surface area (Å²) in [6, 6.07) is 22.6. The van der Waals surface area contributed by atoms with E-state index in [1.165, 1.54) is 11.6 Å². The number of amides is 1. The molecule has 2 heterocycles. The molecule has 1 amide bonds. The number of hydrogen-bond acceptors (Lipinski definition) is 3. The van der Waals surface area contributed by atoms with E-state index in [0.717, 1.165) is 29.7 Å². The highest BCUT2D eigenvalue weighted by molar-refractivity contribution is 5.96. The normalized spacial score (nSPS) is 23.9. The van der Waals surface area contributed by atoms with E-state index in [-0.39, 0.29) is 41.4 Å². The Hall–Kier alpha value is -3.18. The van der Waals surface area contributed by atoms with Gasteiger partial charge in [0.15, 0.2) is 6.23 Å². The average Bonchev–Trinajstić information content (AvgIpc) is 3.62. The van der Waals surface area contributed by atoms with Crippen LogP contribution in [0, 0.1) is 18.7 Å². The zero-order chi connectivity index (χ0) is 25.4. The lowest BCUT2D eigenvalue weighted by Gasteiger charge is -2.41. The number of rotatable bonds is 5. The molecule has 5 heteroatoms. The third-order valence-corrected chi connectivity index (χ3v) is 7.49. The van der Waals surface area contributed by atoms with E-state index in [0.29, 0.717) is 12.1 Å². The first-order chi connectivity index (χ1) is 17.2.